The first kappa shape index (κ1) is 22.2. The van der Waals surface area contributed by atoms with E-state index >= 15 is 0 Å². The van der Waals surface area contributed by atoms with Crippen molar-refractivity contribution in [3.8, 4) is 0 Å². The maximum Gasteiger partial charge on any atom is 0.312 e. The molecule has 0 heterocycles. The number of hydrogen-bond acceptors (Lipinski definition) is 3. The summed E-state index contributed by atoms with van der Waals surface area (Å²) in [5, 5.41) is 0. The summed E-state index contributed by atoms with van der Waals surface area (Å²) in [5.41, 5.74) is 0.645. The maximum absolute atomic E-state index is 14.1. The van der Waals surface area contributed by atoms with E-state index < -0.39 is 5.41 Å². The molecule has 1 aromatic carbocycles. The molecule has 2 bridgehead atoms. The quantitative estimate of drug-likeness (QED) is 0.514. The molecular weight excluding hydrogens is 396 g/mol. The fourth-order valence-electron chi connectivity index (χ4n) is 9.37. The number of carbonyl (C=O) groups excluding carboxylic acids is 2. The van der Waals surface area contributed by atoms with Crippen LogP contribution in [0.3, 0.4) is 0 Å². The van der Waals surface area contributed by atoms with Gasteiger partial charge in [-0.2, -0.15) is 0 Å². The first-order valence-electron chi connectivity index (χ1n) is 12.9. The lowest BCUT2D eigenvalue weighted by atomic mass is 9.35. The van der Waals surface area contributed by atoms with Gasteiger partial charge in [0, 0.05) is 11.3 Å². The zero-order valence-corrected chi connectivity index (χ0v) is 20.4. The van der Waals surface area contributed by atoms with Gasteiger partial charge < -0.3 is 4.74 Å². The molecule has 4 fully saturated rings. The normalized spacial score (nSPS) is 45.1. The summed E-state index contributed by atoms with van der Waals surface area (Å²) in [5.74, 6) is 1.72. The highest BCUT2D eigenvalue weighted by molar-refractivity contribution is 5.91. The van der Waals surface area contributed by atoms with Gasteiger partial charge in [0.25, 0.3) is 0 Å². The zero-order valence-electron chi connectivity index (χ0n) is 20.4. The number of methoxy groups -OCH3 is 1. The summed E-state index contributed by atoms with van der Waals surface area (Å²) in [6, 6.07) is 10.6. The fourth-order valence-corrected chi connectivity index (χ4v) is 9.37. The first-order chi connectivity index (χ1) is 15.2. The number of carbonyl (C=O) groups is 2. The fraction of sp³-hybridized carbons (Fsp3) is 0.724. The molecule has 5 rings (SSSR count). The van der Waals surface area contributed by atoms with Crippen molar-refractivity contribution in [2.24, 2.45) is 39.4 Å². The van der Waals surface area contributed by atoms with Crippen LogP contribution < -0.4 is 0 Å². The molecule has 7 atom stereocenters. The molecule has 4 saturated carbocycles. The highest BCUT2D eigenvalue weighted by Gasteiger charge is 2.73. The largest absolute Gasteiger partial charge is 0.469 e. The Morgan fingerprint density at radius 3 is 2.50 bits per heavy atom. The van der Waals surface area contributed by atoms with Crippen molar-refractivity contribution >= 4 is 11.8 Å². The number of hydrogen-bond donors (Lipinski definition) is 0. The highest BCUT2D eigenvalue weighted by atomic mass is 16.5. The van der Waals surface area contributed by atoms with Crippen LogP contribution in [-0.2, 0) is 20.7 Å². The summed E-state index contributed by atoms with van der Waals surface area (Å²) >= 11 is 0. The van der Waals surface area contributed by atoms with Crippen molar-refractivity contribution in [3.05, 3.63) is 35.9 Å². The second-order valence-electron chi connectivity index (χ2n) is 12.2. The van der Waals surface area contributed by atoms with Gasteiger partial charge in [-0.05, 0) is 92.9 Å². The van der Waals surface area contributed by atoms with E-state index in [1.807, 2.05) is 0 Å². The minimum Gasteiger partial charge on any atom is -0.469 e. The Labute approximate surface area is 193 Å². The topological polar surface area (TPSA) is 43.4 Å². The number of esters is 1. The predicted molar refractivity (Wildman–Crippen MR) is 126 cm³/mol. The van der Waals surface area contributed by atoms with Gasteiger partial charge >= 0.3 is 5.97 Å². The molecule has 1 spiro atoms. The molecule has 4 aliphatic carbocycles. The average molecular weight is 437 g/mol. The van der Waals surface area contributed by atoms with Crippen molar-refractivity contribution < 1.29 is 14.3 Å². The average Bonchev–Trinajstić information content (AvgIpc) is 3.00. The Hall–Kier alpha value is -1.64. The molecule has 0 unspecified atom stereocenters. The van der Waals surface area contributed by atoms with Gasteiger partial charge in [-0.3, -0.25) is 9.59 Å². The van der Waals surface area contributed by atoms with E-state index in [2.05, 4.69) is 51.1 Å². The second kappa shape index (κ2) is 7.43. The summed E-state index contributed by atoms with van der Waals surface area (Å²) in [6.45, 7) is 6.94. The van der Waals surface area contributed by atoms with Gasteiger partial charge in [0.2, 0.25) is 0 Å². The molecule has 0 aliphatic heterocycles. The molecule has 0 radical (unpaired) electrons. The molecule has 4 aliphatic rings. The number of ketones is 1. The first-order valence-corrected chi connectivity index (χ1v) is 12.9. The van der Waals surface area contributed by atoms with E-state index in [-0.39, 0.29) is 28.1 Å². The van der Waals surface area contributed by atoms with Crippen LogP contribution in [0.1, 0.15) is 84.1 Å². The molecule has 0 saturated heterocycles. The van der Waals surface area contributed by atoms with Crippen LogP contribution in [0.15, 0.2) is 30.3 Å². The molecule has 0 N–H and O–H groups in total. The maximum atomic E-state index is 14.1. The number of ether oxygens (including phenoxy) is 1. The lowest BCUT2D eigenvalue weighted by Gasteiger charge is -2.68. The third kappa shape index (κ3) is 2.72. The summed E-state index contributed by atoms with van der Waals surface area (Å²) in [4.78, 5) is 27.2. The third-order valence-electron chi connectivity index (χ3n) is 11.4. The predicted octanol–water partition coefficient (Wildman–Crippen LogP) is 6.39. The molecule has 0 aromatic heterocycles. The van der Waals surface area contributed by atoms with Gasteiger partial charge in [0.15, 0.2) is 0 Å². The zero-order chi connectivity index (χ0) is 22.8. The number of fused-ring (bicyclic) bond motifs is 3. The smallest absolute Gasteiger partial charge is 0.312 e. The van der Waals surface area contributed by atoms with Crippen molar-refractivity contribution in [3.63, 3.8) is 0 Å². The van der Waals surface area contributed by atoms with Crippen LogP contribution in [0.2, 0.25) is 0 Å². The van der Waals surface area contributed by atoms with E-state index in [1.54, 1.807) is 0 Å². The van der Waals surface area contributed by atoms with Gasteiger partial charge in [0.05, 0.1) is 12.5 Å². The summed E-state index contributed by atoms with van der Waals surface area (Å²) < 4.78 is 5.35. The van der Waals surface area contributed by atoms with E-state index in [4.69, 9.17) is 4.74 Å². The minimum absolute atomic E-state index is 0.0153. The van der Waals surface area contributed by atoms with E-state index in [9.17, 15) is 9.59 Å². The summed E-state index contributed by atoms with van der Waals surface area (Å²) in [7, 11) is 1.54. The van der Waals surface area contributed by atoms with Gasteiger partial charge in [-0.15, -0.1) is 0 Å². The van der Waals surface area contributed by atoms with Crippen LogP contribution in [0.5, 0.6) is 0 Å². The molecule has 0 amide bonds. The molecule has 3 heteroatoms. The van der Waals surface area contributed by atoms with Crippen LogP contribution in [0, 0.1) is 39.4 Å². The van der Waals surface area contributed by atoms with Crippen LogP contribution in [0.4, 0.5) is 0 Å². The second-order valence-corrected chi connectivity index (χ2v) is 12.2. The van der Waals surface area contributed by atoms with Crippen molar-refractivity contribution in [1.82, 2.24) is 0 Å². The number of aryl methyl sites for hydroxylation is 1. The van der Waals surface area contributed by atoms with Crippen LogP contribution in [-0.4, -0.2) is 18.9 Å². The lowest BCUT2D eigenvalue weighted by molar-refractivity contribution is -0.218. The van der Waals surface area contributed by atoms with Gasteiger partial charge in [-0.25, -0.2) is 0 Å². The van der Waals surface area contributed by atoms with E-state index in [1.165, 1.54) is 19.1 Å². The van der Waals surface area contributed by atoms with Crippen LogP contribution in [0.25, 0.3) is 0 Å². The lowest BCUT2D eigenvalue weighted by Crippen LogP contribution is -2.65. The summed E-state index contributed by atoms with van der Waals surface area (Å²) in [6.07, 6.45) is 10.5. The van der Waals surface area contributed by atoms with Gasteiger partial charge in [0.1, 0.15) is 5.78 Å². The Morgan fingerprint density at radius 1 is 1.03 bits per heavy atom. The highest BCUT2D eigenvalue weighted by Crippen LogP contribution is 2.76. The Balaban J connectivity index is 1.45. The minimum atomic E-state index is -0.457. The number of rotatable bonds is 4. The van der Waals surface area contributed by atoms with E-state index in [0.29, 0.717) is 17.6 Å². The standard InChI is InChI=1S/C29H40O3/c1-26-15-8-16-27(2,25(31)32-4)28(26,3)17-18-29-19-21(12-14-23(26)29)22(24(29)30)13-11-20-9-6-5-7-10-20/h5-7,9-10,21-23H,8,11-19H2,1-4H3/t21-,22+,23+,26+,27+,28+,29-/m1/s1. The molecule has 3 nitrogen and oxygen atoms in total. The molecule has 1 aromatic rings. The van der Waals surface area contributed by atoms with E-state index in [0.717, 1.165) is 57.8 Å². The van der Waals surface area contributed by atoms with Crippen molar-refractivity contribution in [2.75, 3.05) is 7.11 Å². The Bertz CT molecular complexity index is 908. The Morgan fingerprint density at radius 2 is 1.78 bits per heavy atom. The van der Waals surface area contributed by atoms with Crippen molar-refractivity contribution in [2.45, 2.75) is 85.0 Å². The number of benzene rings is 1. The Kier molecular flexibility index (Phi) is 5.15. The molecule has 32 heavy (non-hydrogen) atoms. The van der Waals surface area contributed by atoms with Gasteiger partial charge in [-0.1, -0.05) is 50.6 Å². The van der Waals surface area contributed by atoms with Crippen LogP contribution >= 0.6 is 0 Å². The third-order valence-corrected chi connectivity index (χ3v) is 11.4. The monoisotopic (exact) mass is 436 g/mol. The number of Topliss-reactive ketones (excluding diaryl/α,β-unsaturated/α-hetero) is 1. The van der Waals surface area contributed by atoms with Crippen molar-refractivity contribution in [1.29, 1.82) is 0 Å². The SMILES string of the molecule is COC(=O)[C@]1(C)CCC[C@@]2(C)[C@@H]3CC[C@@H]4C[C@@]3(CC[C@]12C)C(=O)[C@H]4CCc1ccccc1. The molecule has 174 valence electrons. The molecular formula is C29H40O3.